The zero-order valence-electron chi connectivity index (χ0n) is 15.5. The molecule has 1 aromatic heterocycles. The van der Waals surface area contributed by atoms with E-state index in [9.17, 15) is 9.59 Å². The Morgan fingerprint density at radius 1 is 1.11 bits per heavy atom. The van der Waals surface area contributed by atoms with Gasteiger partial charge in [0.25, 0.3) is 5.91 Å². The fourth-order valence-corrected chi connectivity index (χ4v) is 2.81. The third-order valence-corrected chi connectivity index (χ3v) is 4.10. The third-order valence-electron chi connectivity index (χ3n) is 4.10. The van der Waals surface area contributed by atoms with E-state index in [1.807, 2.05) is 47.9 Å². The van der Waals surface area contributed by atoms with E-state index >= 15 is 0 Å². The molecule has 2 aromatic carbocycles. The Bertz CT molecular complexity index is 1040. The molecule has 0 saturated carbocycles. The molecule has 7 heteroatoms. The van der Waals surface area contributed by atoms with Crippen LogP contribution in [0.1, 0.15) is 25.2 Å². The number of fused-ring (bicyclic) bond motifs is 1. The molecule has 0 aliphatic heterocycles. The number of aryl methyl sites for hydroxylation is 1. The normalized spacial score (nSPS) is 11.4. The lowest BCUT2D eigenvalue weighted by molar-refractivity contribution is -0.121. The number of nitrogens with one attached hydrogen (secondary N) is 2. The van der Waals surface area contributed by atoms with E-state index in [1.54, 1.807) is 19.1 Å². The molecule has 3 aromatic rings. The highest BCUT2D eigenvalue weighted by molar-refractivity contribution is 6.00. The smallest absolute Gasteiger partial charge is 0.260 e. The minimum atomic E-state index is -0.237. The summed E-state index contributed by atoms with van der Waals surface area (Å²) in [6.07, 6.45) is 0. The van der Waals surface area contributed by atoms with Gasteiger partial charge < -0.3 is 9.88 Å². The number of imidazole rings is 1. The summed E-state index contributed by atoms with van der Waals surface area (Å²) in [5.74, 6) is 0.395. The van der Waals surface area contributed by atoms with E-state index in [1.165, 1.54) is 6.92 Å². The van der Waals surface area contributed by atoms with Crippen LogP contribution < -0.4 is 10.7 Å². The van der Waals surface area contributed by atoms with Crippen molar-refractivity contribution >= 4 is 34.2 Å². The molecule has 0 unspecified atom stereocenters. The van der Waals surface area contributed by atoms with Gasteiger partial charge in [-0.15, -0.1) is 0 Å². The summed E-state index contributed by atoms with van der Waals surface area (Å²) >= 11 is 0. The molecule has 0 radical (unpaired) electrons. The molecule has 138 valence electrons. The number of hydrogen-bond acceptors (Lipinski definition) is 4. The van der Waals surface area contributed by atoms with Gasteiger partial charge in [-0.1, -0.05) is 24.3 Å². The Morgan fingerprint density at radius 2 is 1.89 bits per heavy atom. The van der Waals surface area contributed by atoms with Crippen LogP contribution in [0.3, 0.4) is 0 Å². The van der Waals surface area contributed by atoms with Gasteiger partial charge in [-0.05, 0) is 43.7 Å². The van der Waals surface area contributed by atoms with Gasteiger partial charge in [-0.2, -0.15) is 5.10 Å². The minimum Gasteiger partial charge on any atom is -0.326 e. The lowest BCUT2D eigenvalue weighted by Gasteiger charge is -2.08. The number of aromatic nitrogens is 2. The van der Waals surface area contributed by atoms with Gasteiger partial charge in [0, 0.05) is 12.6 Å². The Labute approximate surface area is 157 Å². The van der Waals surface area contributed by atoms with Gasteiger partial charge in [0.05, 0.1) is 16.7 Å². The second-order valence-electron chi connectivity index (χ2n) is 6.23. The van der Waals surface area contributed by atoms with Gasteiger partial charge in [-0.3, -0.25) is 9.59 Å². The van der Waals surface area contributed by atoms with Crippen molar-refractivity contribution in [3.8, 4) is 0 Å². The Kier molecular flexibility index (Phi) is 5.30. The van der Waals surface area contributed by atoms with Crippen molar-refractivity contribution in [2.24, 2.45) is 5.10 Å². The number of rotatable bonds is 5. The predicted molar refractivity (Wildman–Crippen MR) is 106 cm³/mol. The molecule has 0 aliphatic carbocycles. The maximum atomic E-state index is 12.3. The van der Waals surface area contributed by atoms with Crippen molar-refractivity contribution < 1.29 is 9.59 Å². The number of hydrogen-bond donors (Lipinski definition) is 2. The van der Waals surface area contributed by atoms with Crippen LogP contribution in [0.4, 0.5) is 5.69 Å². The van der Waals surface area contributed by atoms with Gasteiger partial charge >= 0.3 is 0 Å². The van der Waals surface area contributed by atoms with Crippen molar-refractivity contribution in [1.82, 2.24) is 15.0 Å². The monoisotopic (exact) mass is 363 g/mol. The van der Waals surface area contributed by atoms with E-state index in [-0.39, 0.29) is 18.4 Å². The topological polar surface area (TPSA) is 88.4 Å². The second-order valence-corrected chi connectivity index (χ2v) is 6.23. The van der Waals surface area contributed by atoms with Gasteiger partial charge in [0.15, 0.2) is 0 Å². The number of para-hydroxylation sites is 2. The Morgan fingerprint density at radius 3 is 2.67 bits per heavy atom. The quantitative estimate of drug-likeness (QED) is 0.540. The molecule has 3 rings (SSSR count). The number of anilines is 1. The maximum absolute atomic E-state index is 12.3. The van der Waals surface area contributed by atoms with Gasteiger partial charge in [0.1, 0.15) is 12.4 Å². The summed E-state index contributed by atoms with van der Waals surface area (Å²) in [6.45, 7) is 5.25. The molecule has 1 heterocycles. The zero-order chi connectivity index (χ0) is 19.4. The molecule has 0 spiro atoms. The van der Waals surface area contributed by atoms with Crippen LogP contribution in [0.2, 0.25) is 0 Å². The van der Waals surface area contributed by atoms with Crippen molar-refractivity contribution in [1.29, 1.82) is 0 Å². The standard InChI is InChI=1S/C20H21N5O2/c1-13(16-7-6-8-17(11-16)22-15(3)26)23-24-20(27)12-25-14(2)21-18-9-4-5-10-19(18)25/h4-11H,12H2,1-3H3,(H,22,26)(H,24,27)/b23-13+. The van der Waals surface area contributed by atoms with E-state index in [0.29, 0.717) is 11.4 Å². The lowest BCUT2D eigenvalue weighted by Crippen LogP contribution is -2.24. The first-order valence-electron chi connectivity index (χ1n) is 8.57. The first-order valence-corrected chi connectivity index (χ1v) is 8.57. The minimum absolute atomic E-state index is 0.134. The van der Waals surface area contributed by atoms with Crippen LogP contribution in [0.25, 0.3) is 11.0 Å². The van der Waals surface area contributed by atoms with Crippen LogP contribution in [0, 0.1) is 6.92 Å². The Balaban J connectivity index is 1.70. The van der Waals surface area contributed by atoms with Crippen molar-refractivity contribution in [3.05, 3.63) is 59.9 Å². The summed E-state index contributed by atoms with van der Waals surface area (Å²) in [5.41, 5.74) is 6.49. The molecule has 27 heavy (non-hydrogen) atoms. The summed E-state index contributed by atoms with van der Waals surface area (Å²) in [6, 6.07) is 15.0. The van der Waals surface area contributed by atoms with Gasteiger partial charge in [0.2, 0.25) is 5.91 Å². The molecule has 0 atom stereocenters. The second kappa shape index (κ2) is 7.82. The molecule has 2 N–H and O–H groups in total. The predicted octanol–water partition coefficient (Wildman–Crippen LogP) is 2.84. The summed E-state index contributed by atoms with van der Waals surface area (Å²) in [7, 11) is 0. The van der Waals surface area contributed by atoms with Crippen LogP contribution in [-0.4, -0.2) is 27.1 Å². The van der Waals surface area contributed by atoms with Gasteiger partial charge in [-0.25, -0.2) is 10.4 Å². The highest BCUT2D eigenvalue weighted by Gasteiger charge is 2.10. The first-order chi connectivity index (χ1) is 12.9. The largest absolute Gasteiger partial charge is 0.326 e. The number of hydrazone groups is 1. The van der Waals surface area contributed by atoms with Crippen LogP contribution in [0.5, 0.6) is 0 Å². The highest BCUT2D eigenvalue weighted by Crippen LogP contribution is 2.15. The van der Waals surface area contributed by atoms with Crippen molar-refractivity contribution in [3.63, 3.8) is 0 Å². The highest BCUT2D eigenvalue weighted by atomic mass is 16.2. The van der Waals surface area contributed by atoms with E-state index in [0.717, 1.165) is 22.4 Å². The number of carbonyl (C=O) groups is 2. The van der Waals surface area contributed by atoms with Crippen molar-refractivity contribution in [2.75, 3.05) is 5.32 Å². The number of benzene rings is 2. The van der Waals surface area contributed by atoms with E-state index in [4.69, 9.17) is 0 Å². The fourth-order valence-electron chi connectivity index (χ4n) is 2.81. The fraction of sp³-hybridized carbons (Fsp3) is 0.200. The molecule has 7 nitrogen and oxygen atoms in total. The number of nitrogens with zero attached hydrogens (tertiary/aromatic N) is 3. The average Bonchev–Trinajstić information content (AvgIpc) is 2.95. The molecule has 2 amide bonds. The number of amides is 2. The molecular weight excluding hydrogens is 342 g/mol. The molecule has 0 fully saturated rings. The van der Waals surface area contributed by atoms with E-state index in [2.05, 4.69) is 20.8 Å². The number of carbonyl (C=O) groups excluding carboxylic acids is 2. The van der Waals surface area contributed by atoms with Crippen LogP contribution in [0.15, 0.2) is 53.6 Å². The average molecular weight is 363 g/mol. The van der Waals surface area contributed by atoms with Crippen LogP contribution in [-0.2, 0) is 16.1 Å². The van der Waals surface area contributed by atoms with E-state index < -0.39 is 0 Å². The molecular formula is C20H21N5O2. The first kappa shape index (κ1) is 18.3. The molecule has 0 aliphatic rings. The third kappa shape index (κ3) is 4.38. The van der Waals surface area contributed by atoms with Crippen molar-refractivity contribution in [2.45, 2.75) is 27.3 Å². The zero-order valence-corrected chi connectivity index (χ0v) is 15.5. The summed E-state index contributed by atoms with van der Waals surface area (Å²) in [5, 5.41) is 6.90. The Hall–Kier alpha value is -3.48. The van der Waals surface area contributed by atoms with Crippen LogP contribution >= 0.6 is 0 Å². The summed E-state index contributed by atoms with van der Waals surface area (Å²) < 4.78 is 1.85. The summed E-state index contributed by atoms with van der Waals surface area (Å²) in [4.78, 5) is 28.0. The molecule has 0 bridgehead atoms. The SMILES string of the molecule is CC(=O)Nc1cccc(/C(C)=N/NC(=O)Cn2c(C)nc3ccccc32)c1. The maximum Gasteiger partial charge on any atom is 0.260 e. The molecule has 0 saturated heterocycles. The lowest BCUT2D eigenvalue weighted by atomic mass is 10.1.